The molecular formula is C18H21FIN3O. The molecule has 6 heteroatoms. The second-order valence-corrected chi connectivity index (χ2v) is 5.49. The molecular weight excluding hydrogens is 420 g/mol. The third-order valence-corrected chi connectivity index (χ3v) is 3.78. The molecule has 1 aliphatic heterocycles. The molecule has 0 radical (unpaired) electrons. The monoisotopic (exact) mass is 441 g/mol. The molecule has 128 valence electrons. The van der Waals surface area contributed by atoms with Gasteiger partial charge in [-0.05, 0) is 29.3 Å². The van der Waals surface area contributed by atoms with Crippen molar-refractivity contribution in [3.05, 3.63) is 65.5 Å². The molecule has 24 heavy (non-hydrogen) atoms. The van der Waals surface area contributed by atoms with Gasteiger partial charge in [-0.15, -0.1) is 24.0 Å². The first kappa shape index (κ1) is 18.5. The van der Waals surface area contributed by atoms with Gasteiger partial charge in [-0.25, -0.2) is 4.39 Å². The average Bonchev–Trinajstić information content (AvgIpc) is 2.98. The lowest BCUT2D eigenvalue weighted by Crippen LogP contribution is -2.41. The summed E-state index contributed by atoms with van der Waals surface area (Å²) in [5.74, 6) is 1.40. The molecule has 2 aromatic carbocycles. The molecule has 1 aliphatic rings. The number of benzene rings is 2. The molecule has 2 N–H and O–H groups in total. The summed E-state index contributed by atoms with van der Waals surface area (Å²) in [4.78, 5) is 4.18. The largest absolute Gasteiger partial charge is 0.488 e. The van der Waals surface area contributed by atoms with E-state index in [0.717, 1.165) is 17.7 Å². The summed E-state index contributed by atoms with van der Waals surface area (Å²) in [6.07, 6.45) is 0.990. The molecule has 0 bridgehead atoms. The number of halogens is 2. The fourth-order valence-electron chi connectivity index (χ4n) is 2.63. The van der Waals surface area contributed by atoms with E-state index >= 15 is 0 Å². The maximum atomic E-state index is 13.2. The zero-order valence-corrected chi connectivity index (χ0v) is 15.8. The highest BCUT2D eigenvalue weighted by molar-refractivity contribution is 14.0. The maximum Gasteiger partial charge on any atom is 0.191 e. The second-order valence-electron chi connectivity index (χ2n) is 5.49. The number of fused-ring (bicyclic) bond motifs is 1. The standard InChI is InChI=1S/C18H20FN3O.HI/c1-20-18(21-11-13-5-4-7-15(19)9-13)22-12-16-10-14-6-2-3-8-17(14)23-16;/h2-9,16H,10-12H2,1H3,(H2,20,21,22);1H. The Hall–Kier alpha value is -1.83. The van der Waals surface area contributed by atoms with Gasteiger partial charge in [0.05, 0.1) is 6.54 Å². The summed E-state index contributed by atoms with van der Waals surface area (Å²) in [6.45, 7) is 1.18. The van der Waals surface area contributed by atoms with Crippen LogP contribution >= 0.6 is 24.0 Å². The first-order valence-corrected chi connectivity index (χ1v) is 7.68. The Labute approximate surface area is 158 Å². The number of nitrogens with one attached hydrogen (secondary N) is 2. The molecule has 3 rings (SSSR count). The molecule has 4 nitrogen and oxygen atoms in total. The predicted molar refractivity (Wildman–Crippen MR) is 105 cm³/mol. The van der Waals surface area contributed by atoms with Crippen molar-refractivity contribution in [2.75, 3.05) is 13.6 Å². The van der Waals surface area contributed by atoms with E-state index in [9.17, 15) is 4.39 Å². The molecule has 0 aliphatic carbocycles. The minimum absolute atomic E-state index is 0. The Morgan fingerprint density at radius 1 is 1.21 bits per heavy atom. The Morgan fingerprint density at radius 3 is 2.79 bits per heavy atom. The summed E-state index contributed by atoms with van der Waals surface area (Å²) in [7, 11) is 1.71. The number of para-hydroxylation sites is 1. The van der Waals surface area contributed by atoms with Crippen LogP contribution in [0.2, 0.25) is 0 Å². The lowest BCUT2D eigenvalue weighted by molar-refractivity contribution is 0.235. The lowest BCUT2D eigenvalue weighted by Gasteiger charge is -2.15. The topological polar surface area (TPSA) is 45.7 Å². The van der Waals surface area contributed by atoms with Gasteiger partial charge < -0.3 is 15.4 Å². The van der Waals surface area contributed by atoms with E-state index in [2.05, 4.69) is 21.7 Å². The third kappa shape index (κ3) is 4.83. The third-order valence-electron chi connectivity index (χ3n) is 3.78. The maximum absolute atomic E-state index is 13.2. The van der Waals surface area contributed by atoms with Gasteiger partial charge in [0, 0.05) is 20.0 Å². The van der Waals surface area contributed by atoms with Crippen molar-refractivity contribution in [2.24, 2.45) is 4.99 Å². The van der Waals surface area contributed by atoms with Crippen molar-refractivity contribution in [2.45, 2.75) is 19.1 Å². The van der Waals surface area contributed by atoms with Gasteiger partial charge in [0.15, 0.2) is 5.96 Å². The second kappa shape index (κ2) is 8.86. The number of nitrogens with zero attached hydrogens (tertiary/aromatic N) is 1. The molecule has 1 unspecified atom stereocenters. The Balaban J connectivity index is 0.00000208. The molecule has 1 atom stereocenters. The minimum atomic E-state index is -0.232. The number of rotatable bonds is 4. The fraction of sp³-hybridized carbons (Fsp3) is 0.278. The molecule has 0 spiro atoms. The molecule has 0 saturated heterocycles. The SMILES string of the molecule is CN=C(NCc1cccc(F)c1)NCC1Cc2ccccc2O1.I. The van der Waals surface area contributed by atoms with Crippen LogP contribution in [-0.2, 0) is 13.0 Å². The van der Waals surface area contributed by atoms with Gasteiger partial charge >= 0.3 is 0 Å². The summed E-state index contributed by atoms with van der Waals surface area (Å²) in [6, 6.07) is 14.6. The molecule has 0 amide bonds. The fourth-order valence-corrected chi connectivity index (χ4v) is 2.63. The van der Waals surface area contributed by atoms with Gasteiger partial charge in [0.25, 0.3) is 0 Å². The Kier molecular flexibility index (Phi) is 6.84. The predicted octanol–water partition coefficient (Wildman–Crippen LogP) is 3.11. The number of ether oxygens (including phenoxy) is 1. The van der Waals surface area contributed by atoms with E-state index in [1.807, 2.05) is 24.3 Å². The Bertz CT molecular complexity index is 683. The first-order chi connectivity index (χ1) is 11.2. The van der Waals surface area contributed by atoms with Crippen molar-refractivity contribution in [1.82, 2.24) is 10.6 Å². The van der Waals surface area contributed by atoms with Crippen LogP contribution in [0.4, 0.5) is 4.39 Å². The van der Waals surface area contributed by atoms with Gasteiger partial charge in [0.1, 0.15) is 17.7 Å². The van der Waals surface area contributed by atoms with Crippen molar-refractivity contribution in [3.63, 3.8) is 0 Å². The van der Waals surface area contributed by atoms with Crippen molar-refractivity contribution in [1.29, 1.82) is 0 Å². The summed E-state index contributed by atoms with van der Waals surface area (Å²) >= 11 is 0. The van der Waals surface area contributed by atoms with Gasteiger partial charge in [-0.2, -0.15) is 0 Å². The molecule has 1 heterocycles. The van der Waals surface area contributed by atoms with Crippen LogP contribution in [-0.4, -0.2) is 25.7 Å². The van der Waals surface area contributed by atoms with Crippen LogP contribution in [0.25, 0.3) is 0 Å². The smallest absolute Gasteiger partial charge is 0.191 e. The van der Waals surface area contributed by atoms with Crippen LogP contribution in [0.5, 0.6) is 5.75 Å². The first-order valence-electron chi connectivity index (χ1n) is 7.68. The normalized spacial score (nSPS) is 15.9. The van der Waals surface area contributed by atoms with Crippen LogP contribution < -0.4 is 15.4 Å². The lowest BCUT2D eigenvalue weighted by atomic mass is 10.1. The van der Waals surface area contributed by atoms with Gasteiger partial charge in [0.2, 0.25) is 0 Å². The van der Waals surface area contributed by atoms with Crippen molar-refractivity contribution >= 4 is 29.9 Å². The summed E-state index contributed by atoms with van der Waals surface area (Å²) in [5.41, 5.74) is 2.11. The van der Waals surface area contributed by atoms with Crippen LogP contribution in [0, 0.1) is 5.82 Å². The van der Waals surface area contributed by atoms with E-state index in [4.69, 9.17) is 4.74 Å². The van der Waals surface area contributed by atoms with Crippen LogP contribution in [0.3, 0.4) is 0 Å². The van der Waals surface area contributed by atoms with Crippen LogP contribution in [0.15, 0.2) is 53.5 Å². The van der Waals surface area contributed by atoms with E-state index in [1.165, 1.54) is 17.7 Å². The number of guanidine groups is 1. The zero-order valence-electron chi connectivity index (χ0n) is 13.5. The van der Waals surface area contributed by atoms with E-state index in [0.29, 0.717) is 19.0 Å². The number of aliphatic imine (C=N–C) groups is 1. The minimum Gasteiger partial charge on any atom is -0.488 e. The number of hydrogen-bond donors (Lipinski definition) is 2. The average molecular weight is 441 g/mol. The van der Waals surface area contributed by atoms with E-state index in [1.54, 1.807) is 13.1 Å². The summed E-state index contributed by atoms with van der Waals surface area (Å²) in [5, 5.41) is 6.43. The Morgan fingerprint density at radius 2 is 2.04 bits per heavy atom. The highest BCUT2D eigenvalue weighted by Gasteiger charge is 2.22. The van der Waals surface area contributed by atoms with E-state index < -0.39 is 0 Å². The summed E-state index contributed by atoms with van der Waals surface area (Å²) < 4.78 is 19.1. The van der Waals surface area contributed by atoms with Crippen molar-refractivity contribution < 1.29 is 9.13 Å². The van der Waals surface area contributed by atoms with Crippen molar-refractivity contribution in [3.8, 4) is 5.75 Å². The molecule has 0 fully saturated rings. The van der Waals surface area contributed by atoms with E-state index in [-0.39, 0.29) is 35.9 Å². The zero-order chi connectivity index (χ0) is 16.1. The molecule has 0 aromatic heterocycles. The quantitative estimate of drug-likeness (QED) is 0.436. The van der Waals surface area contributed by atoms with Gasteiger partial charge in [-0.1, -0.05) is 30.3 Å². The number of hydrogen-bond acceptors (Lipinski definition) is 2. The highest BCUT2D eigenvalue weighted by Crippen LogP contribution is 2.27. The highest BCUT2D eigenvalue weighted by atomic mass is 127. The molecule has 2 aromatic rings. The molecule has 0 saturated carbocycles. The van der Waals surface area contributed by atoms with Gasteiger partial charge in [-0.3, -0.25) is 4.99 Å². The van der Waals surface area contributed by atoms with Crippen LogP contribution in [0.1, 0.15) is 11.1 Å².